The number of carbonyl (C=O) groups excluding carboxylic acids is 1. The van der Waals surface area contributed by atoms with E-state index in [1.807, 2.05) is 42.5 Å². The quantitative estimate of drug-likeness (QED) is 0.331. The number of methoxy groups -OCH3 is 2. The molecule has 1 aliphatic rings. The second kappa shape index (κ2) is 11.5. The van der Waals surface area contributed by atoms with E-state index < -0.39 is 0 Å². The van der Waals surface area contributed by atoms with Crippen LogP contribution in [0.4, 0.5) is 14.9 Å². The van der Waals surface area contributed by atoms with Crippen molar-refractivity contribution in [2.75, 3.05) is 39.2 Å². The summed E-state index contributed by atoms with van der Waals surface area (Å²) in [5, 5.41) is 6.83. The average molecular weight is 515 g/mol. The number of benzene rings is 3. The number of fused-ring (bicyclic) bond motifs is 2. The first-order valence-corrected chi connectivity index (χ1v) is 12.7. The van der Waals surface area contributed by atoms with Gasteiger partial charge in [-0.15, -0.1) is 0 Å². The molecule has 196 valence electrons. The summed E-state index contributed by atoms with van der Waals surface area (Å²) >= 11 is 0. The number of hydrogen-bond donors (Lipinski definition) is 2. The Labute approximate surface area is 221 Å². The molecule has 0 spiro atoms. The molecule has 38 heavy (non-hydrogen) atoms. The Morgan fingerprint density at radius 2 is 1.89 bits per heavy atom. The van der Waals surface area contributed by atoms with E-state index in [1.54, 1.807) is 26.5 Å². The predicted octanol–water partition coefficient (Wildman–Crippen LogP) is 5.35. The van der Waals surface area contributed by atoms with Gasteiger partial charge in [-0.2, -0.15) is 0 Å². The zero-order valence-electron chi connectivity index (χ0n) is 21.5. The Balaban J connectivity index is 1.31. The highest BCUT2D eigenvalue weighted by Crippen LogP contribution is 2.41. The molecule has 0 fully saturated rings. The lowest BCUT2D eigenvalue weighted by Gasteiger charge is -2.38. The van der Waals surface area contributed by atoms with Crippen molar-refractivity contribution in [3.05, 3.63) is 95.4 Å². The van der Waals surface area contributed by atoms with Gasteiger partial charge < -0.3 is 20.1 Å². The number of ether oxygens (including phenoxy) is 2. The number of nitrogens with zero attached hydrogens (tertiary/aromatic N) is 2. The van der Waals surface area contributed by atoms with Gasteiger partial charge in [0.1, 0.15) is 17.3 Å². The van der Waals surface area contributed by atoms with Crippen LogP contribution in [0.25, 0.3) is 10.9 Å². The number of urea groups is 1. The Morgan fingerprint density at radius 3 is 2.68 bits per heavy atom. The largest absolute Gasteiger partial charge is 0.497 e. The van der Waals surface area contributed by atoms with Crippen molar-refractivity contribution in [2.24, 2.45) is 0 Å². The average Bonchev–Trinajstić information content (AvgIpc) is 2.94. The van der Waals surface area contributed by atoms with E-state index in [-0.39, 0.29) is 17.9 Å². The molecule has 5 rings (SSSR count). The van der Waals surface area contributed by atoms with E-state index in [0.717, 1.165) is 46.5 Å². The van der Waals surface area contributed by atoms with E-state index in [9.17, 15) is 9.18 Å². The second-order valence-electron chi connectivity index (χ2n) is 9.29. The fraction of sp³-hybridized carbons (Fsp3) is 0.267. The third kappa shape index (κ3) is 5.55. The first kappa shape index (κ1) is 25.5. The number of pyridine rings is 1. The van der Waals surface area contributed by atoms with Crippen molar-refractivity contribution in [1.29, 1.82) is 0 Å². The second-order valence-corrected chi connectivity index (χ2v) is 9.29. The molecule has 1 aromatic heterocycles. The molecule has 0 aliphatic carbocycles. The van der Waals surface area contributed by atoms with Crippen LogP contribution >= 0.6 is 0 Å². The van der Waals surface area contributed by atoms with Gasteiger partial charge >= 0.3 is 6.03 Å². The smallest absolute Gasteiger partial charge is 0.319 e. The van der Waals surface area contributed by atoms with Crippen molar-refractivity contribution >= 4 is 22.6 Å². The van der Waals surface area contributed by atoms with Gasteiger partial charge in [-0.3, -0.25) is 9.88 Å². The van der Waals surface area contributed by atoms with Gasteiger partial charge in [0.15, 0.2) is 0 Å². The number of nitrogens with one attached hydrogen (secondary N) is 2. The first-order valence-electron chi connectivity index (χ1n) is 12.7. The fourth-order valence-corrected chi connectivity index (χ4v) is 5.16. The minimum absolute atomic E-state index is 0.000861. The molecule has 0 saturated carbocycles. The van der Waals surface area contributed by atoms with Gasteiger partial charge in [0.25, 0.3) is 0 Å². The molecular formula is C30H31FN4O3. The SMILES string of the molecule is COc1cc2c(c(OC)c1)C(Cc1ccc(F)cc1)N(CCNC(=O)Nc1ccnc3ccccc13)CC2. The van der Waals surface area contributed by atoms with Crippen molar-refractivity contribution in [3.63, 3.8) is 0 Å². The van der Waals surface area contributed by atoms with Gasteiger partial charge in [0.05, 0.1) is 25.4 Å². The Bertz CT molecular complexity index is 1400. The van der Waals surface area contributed by atoms with E-state index in [4.69, 9.17) is 9.47 Å². The van der Waals surface area contributed by atoms with E-state index in [0.29, 0.717) is 25.2 Å². The maximum atomic E-state index is 13.6. The van der Waals surface area contributed by atoms with Crippen LogP contribution in [0.5, 0.6) is 11.5 Å². The number of para-hydroxylation sites is 1. The normalized spacial score (nSPS) is 15.1. The topological polar surface area (TPSA) is 75.7 Å². The first-order chi connectivity index (χ1) is 18.6. The maximum Gasteiger partial charge on any atom is 0.319 e. The molecule has 4 aromatic rings. The van der Waals surface area contributed by atoms with Crippen molar-refractivity contribution < 1.29 is 18.7 Å². The van der Waals surface area contributed by atoms with Crippen molar-refractivity contribution in [1.82, 2.24) is 15.2 Å². The highest BCUT2D eigenvalue weighted by molar-refractivity contribution is 6.00. The number of rotatable bonds is 8. The number of aromatic nitrogens is 1. The number of halogens is 1. The summed E-state index contributed by atoms with van der Waals surface area (Å²) in [6, 6.07) is 19.8. The van der Waals surface area contributed by atoms with Gasteiger partial charge in [0.2, 0.25) is 0 Å². The van der Waals surface area contributed by atoms with Gasteiger partial charge in [-0.05, 0) is 54.3 Å². The lowest BCUT2D eigenvalue weighted by Crippen LogP contribution is -2.42. The third-order valence-corrected chi connectivity index (χ3v) is 7.02. The van der Waals surface area contributed by atoms with E-state index in [1.165, 1.54) is 17.7 Å². The summed E-state index contributed by atoms with van der Waals surface area (Å²) in [5.74, 6) is 1.28. The molecule has 0 bridgehead atoms. The summed E-state index contributed by atoms with van der Waals surface area (Å²) in [6.45, 7) is 1.92. The molecule has 2 amide bonds. The Morgan fingerprint density at radius 1 is 1.08 bits per heavy atom. The van der Waals surface area contributed by atoms with Crippen LogP contribution in [0, 0.1) is 5.82 Å². The van der Waals surface area contributed by atoms with Crippen LogP contribution in [-0.2, 0) is 12.8 Å². The zero-order chi connectivity index (χ0) is 26.5. The Hall–Kier alpha value is -4.17. The van der Waals surface area contributed by atoms with Crippen LogP contribution < -0.4 is 20.1 Å². The molecule has 1 atom stereocenters. The van der Waals surface area contributed by atoms with Crippen LogP contribution in [0.3, 0.4) is 0 Å². The van der Waals surface area contributed by atoms with Crippen LogP contribution in [0.1, 0.15) is 22.7 Å². The highest BCUT2D eigenvalue weighted by Gasteiger charge is 2.31. The monoisotopic (exact) mass is 514 g/mol. The number of carbonyl (C=O) groups is 1. The highest BCUT2D eigenvalue weighted by atomic mass is 19.1. The lowest BCUT2D eigenvalue weighted by atomic mass is 9.87. The van der Waals surface area contributed by atoms with Gasteiger partial charge in [0, 0.05) is 48.9 Å². The van der Waals surface area contributed by atoms with Gasteiger partial charge in [-0.1, -0.05) is 30.3 Å². The molecular weight excluding hydrogens is 483 g/mol. The predicted molar refractivity (Wildman–Crippen MR) is 146 cm³/mol. The summed E-state index contributed by atoms with van der Waals surface area (Å²) in [4.78, 5) is 19.4. The summed E-state index contributed by atoms with van der Waals surface area (Å²) < 4.78 is 24.8. The fourth-order valence-electron chi connectivity index (χ4n) is 5.16. The summed E-state index contributed by atoms with van der Waals surface area (Å²) in [7, 11) is 3.31. The molecule has 3 aromatic carbocycles. The van der Waals surface area contributed by atoms with Gasteiger partial charge in [-0.25, -0.2) is 9.18 Å². The Kier molecular flexibility index (Phi) is 7.70. The molecule has 2 heterocycles. The van der Waals surface area contributed by atoms with Crippen molar-refractivity contribution in [3.8, 4) is 11.5 Å². The molecule has 2 N–H and O–H groups in total. The number of amides is 2. The molecule has 1 unspecified atom stereocenters. The van der Waals surface area contributed by atoms with E-state index in [2.05, 4.69) is 26.6 Å². The molecule has 7 nitrogen and oxygen atoms in total. The zero-order valence-corrected chi connectivity index (χ0v) is 21.5. The lowest BCUT2D eigenvalue weighted by molar-refractivity contribution is 0.180. The number of anilines is 1. The van der Waals surface area contributed by atoms with E-state index >= 15 is 0 Å². The minimum atomic E-state index is -0.267. The molecule has 0 saturated heterocycles. The molecule has 0 radical (unpaired) electrons. The third-order valence-electron chi connectivity index (χ3n) is 7.02. The summed E-state index contributed by atoms with van der Waals surface area (Å²) in [5.41, 5.74) is 4.86. The van der Waals surface area contributed by atoms with Crippen LogP contribution in [-0.4, -0.2) is 49.8 Å². The maximum absolute atomic E-state index is 13.6. The number of hydrogen-bond acceptors (Lipinski definition) is 5. The standard InChI is InChI=1S/C30H31FN4O3/c1-37-23-18-21-12-15-35(27(29(21)28(19-23)38-2)17-20-7-9-22(31)10-8-20)16-14-33-30(36)34-26-11-13-32-25-6-4-3-5-24(25)26/h3-11,13,18-19,27H,12,14-17H2,1-2H3,(H2,32,33,34,36). The minimum Gasteiger partial charge on any atom is -0.497 e. The molecule has 1 aliphatic heterocycles. The van der Waals surface area contributed by atoms with Crippen molar-refractivity contribution in [2.45, 2.75) is 18.9 Å². The summed E-state index contributed by atoms with van der Waals surface area (Å²) in [6.07, 6.45) is 3.20. The van der Waals surface area contributed by atoms with Crippen LogP contribution in [0.15, 0.2) is 72.9 Å². The van der Waals surface area contributed by atoms with Crippen LogP contribution in [0.2, 0.25) is 0 Å². The molecule has 8 heteroatoms.